The normalized spacial score (nSPS) is 12.4. The molecule has 72 heavy (non-hydrogen) atoms. The van der Waals surface area contributed by atoms with Gasteiger partial charge in [-0.25, -0.2) is 0 Å². The third-order valence-electron chi connectivity index (χ3n) is 15.5. The van der Waals surface area contributed by atoms with Crippen molar-refractivity contribution in [2.45, 2.75) is 0 Å². The predicted octanol–water partition coefficient (Wildman–Crippen LogP) is 18.7. The molecule has 0 aliphatic heterocycles. The van der Waals surface area contributed by atoms with Gasteiger partial charge in [0, 0.05) is 81.7 Å². The van der Waals surface area contributed by atoms with Gasteiger partial charge in [0.15, 0.2) is 5.58 Å². The number of nitrogens with zero attached hydrogens (tertiary/aromatic N) is 4. The molecule has 0 unspecified atom stereocenters. The van der Waals surface area contributed by atoms with E-state index in [1.165, 1.54) is 76.2 Å². The molecule has 0 radical (unpaired) electrons. The number of benzene rings is 11. The Balaban J connectivity index is 0.912. The van der Waals surface area contributed by atoms with Gasteiger partial charge in [-0.1, -0.05) is 133 Å². The number of aromatic nitrogens is 2. The lowest BCUT2D eigenvalue weighted by atomic mass is 10.0. The molecule has 0 bridgehead atoms. The van der Waals surface area contributed by atoms with Crippen LogP contribution in [0, 0.1) is 0 Å². The van der Waals surface area contributed by atoms with Gasteiger partial charge in [0.1, 0.15) is 16.7 Å². The number of anilines is 6. The summed E-state index contributed by atoms with van der Waals surface area (Å²) in [5.74, 6) is 0. The first-order valence-electron chi connectivity index (χ1n) is 24.6. The Bertz CT molecular complexity index is 5060. The third kappa shape index (κ3) is 4.92. The van der Waals surface area contributed by atoms with E-state index in [0.717, 1.165) is 78.0 Å². The molecule has 0 spiro atoms. The second-order valence-corrected chi connectivity index (χ2v) is 19.2. The molecular formula is C66H38N4O2. The number of furan rings is 2. The first-order chi connectivity index (χ1) is 35.7. The Morgan fingerprint density at radius 3 is 1.36 bits per heavy atom. The maximum atomic E-state index is 6.73. The fourth-order valence-corrected chi connectivity index (χ4v) is 12.6. The Kier molecular flexibility index (Phi) is 7.38. The van der Waals surface area contributed by atoms with E-state index in [9.17, 15) is 0 Å². The molecular weight excluding hydrogens is 881 g/mol. The summed E-state index contributed by atoms with van der Waals surface area (Å²) >= 11 is 0. The molecule has 6 nitrogen and oxygen atoms in total. The van der Waals surface area contributed by atoms with Gasteiger partial charge < -0.3 is 27.4 Å². The summed E-state index contributed by atoms with van der Waals surface area (Å²) < 4.78 is 18.1. The fourth-order valence-electron chi connectivity index (χ4n) is 12.6. The van der Waals surface area contributed by atoms with Crippen molar-refractivity contribution in [3.8, 4) is 0 Å². The van der Waals surface area contributed by atoms with Gasteiger partial charge in [0.25, 0.3) is 0 Å². The highest BCUT2D eigenvalue weighted by Crippen LogP contribution is 2.51. The molecule has 17 rings (SSSR count). The predicted molar refractivity (Wildman–Crippen MR) is 300 cm³/mol. The fraction of sp³-hybridized carbons (Fsp3) is 0. The van der Waals surface area contributed by atoms with E-state index >= 15 is 0 Å². The number of hydrogen-bond donors (Lipinski definition) is 0. The minimum absolute atomic E-state index is 0.868. The molecule has 11 aromatic carbocycles. The van der Waals surface area contributed by atoms with E-state index in [4.69, 9.17) is 8.83 Å². The summed E-state index contributed by atoms with van der Waals surface area (Å²) in [5, 5.41) is 14.2. The van der Waals surface area contributed by atoms with Crippen molar-refractivity contribution in [2.75, 3.05) is 9.80 Å². The van der Waals surface area contributed by atoms with Crippen molar-refractivity contribution in [3.05, 3.63) is 231 Å². The second kappa shape index (κ2) is 13.9. The molecule has 0 amide bonds. The van der Waals surface area contributed by atoms with Crippen LogP contribution in [0.25, 0.3) is 120 Å². The van der Waals surface area contributed by atoms with Crippen molar-refractivity contribution in [1.29, 1.82) is 0 Å². The van der Waals surface area contributed by atoms with Crippen LogP contribution in [0.5, 0.6) is 0 Å². The van der Waals surface area contributed by atoms with Gasteiger partial charge in [-0.15, -0.1) is 0 Å². The van der Waals surface area contributed by atoms with Crippen LogP contribution >= 0.6 is 0 Å². The smallest absolute Gasteiger partial charge is 0.159 e. The monoisotopic (exact) mass is 918 g/mol. The Hall–Kier alpha value is -9.78. The number of fused-ring (bicyclic) bond motifs is 18. The number of hydrogen-bond acceptors (Lipinski definition) is 4. The molecule has 6 heteroatoms. The van der Waals surface area contributed by atoms with Gasteiger partial charge >= 0.3 is 0 Å². The first kappa shape index (κ1) is 38.1. The van der Waals surface area contributed by atoms with E-state index in [1.807, 2.05) is 18.2 Å². The molecule has 334 valence electrons. The molecule has 0 saturated carbocycles. The highest BCUT2D eigenvalue weighted by atomic mass is 16.3. The standard InChI is InChI=1S/C66H38N4O2/c1-3-16-39(17-4-1)67(41-34-35-61-51(36-41)43-21-8-9-32-59(43)71-61)52-27-14-29-54-62(52)47-25-11-22-44-49-38-58-50(37-57(49)69(54)64(44)47)45-23-12-26-48-63-53(28-15-30-55(63)70(58)65(45)48)68(40-18-5-2-6-19-40)56-31-13-24-46-42-20-7-10-33-60(42)72-66(46)56/h1-38H. The number of rotatable bonds is 6. The quantitative estimate of drug-likeness (QED) is 0.167. The van der Waals surface area contributed by atoms with Crippen LogP contribution < -0.4 is 9.80 Å². The second-order valence-electron chi connectivity index (χ2n) is 19.2. The van der Waals surface area contributed by atoms with Crippen LogP contribution in [0.15, 0.2) is 239 Å². The van der Waals surface area contributed by atoms with Crippen molar-refractivity contribution >= 4 is 154 Å². The van der Waals surface area contributed by atoms with E-state index in [1.54, 1.807) is 0 Å². The van der Waals surface area contributed by atoms with Gasteiger partial charge in [0.2, 0.25) is 0 Å². The summed E-state index contributed by atoms with van der Waals surface area (Å²) in [7, 11) is 0. The van der Waals surface area contributed by atoms with Crippen molar-refractivity contribution in [2.24, 2.45) is 0 Å². The Morgan fingerprint density at radius 2 is 0.722 bits per heavy atom. The summed E-state index contributed by atoms with van der Waals surface area (Å²) in [4.78, 5) is 4.80. The minimum atomic E-state index is 0.868. The Morgan fingerprint density at radius 1 is 0.264 bits per heavy atom. The highest BCUT2D eigenvalue weighted by Gasteiger charge is 2.28. The molecule has 0 saturated heterocycles. The van der Waals surface area contributed by atoms with Crippen molar-refractivity contribution in [3.63, 3.8) is 0 Å². The molecule has 6 aromatic heterocycles. The van der Waals surface area contributed by atoms with Crippen LogP contribution in [0.3, 0.4) is 0 Å². The van der Waals surface area contributed by atoms with E-state index in [0.29, 0.717) is 0 Å². The molecule has 0 fully saturated rings. The maximum Gasteiger partial charge on any atom is 0.159 e. The minimum Gasteiger partial charge on any atom is -0.456 e. The zero-order valence-corrected chi connectivity index (χ0v) is 38.5. The first-order valence-corrected chi connectivity index (χ1v) is 24.6. The molecule has 6 heterocycles. The molecule has 17 aromatic rings. The van der Waals surface area contributed by atoms with Gasteiger partial charge in [-0.05, 0) is 97.1 Å². The average Bonchev–Trinajstić information content (AvgIpc) is 4.29. The average molecular weight is 919 g/mol. The van der Waals surface area contributed by atoms with E-state index in [2.05, 4.69) is 231 Å². The topological polar surface area (TPSA) is 41.6 Å². The number of para-hydroxylation sites is 7. The van der Waals surface area contributed by atoms with Gasteiger partial charge in [-0.2, -0.15) is 0 Å². The molecule has 0 aliphatic carbocycles. The van der Waals surface area contributed by atoms with Crippen molar-refractivity contribution in [1.82, 2.24) is 8.80 Å². The SMILES string of the molecule is c1ccc(N(c2ccc3oc4ccccc4c3c2)c2cccc3c2c2cccc4c5cc6c(cc5n3c42)c2cccc3c4c(N(c5ccccc5)c5cccc7c5oc5ccccc57)cccc4n6c23)cc1. The van der Waals surface area contributed by atoms with Gasteiger partial charge in [-0.3, -0.25) is 0 Å². The van der Waals surface area contributed by atoms with Crippen LogP contribution in [0.4, 0.5) is 34.1 Å². The lowest BCUT2D eigenvalue weighted by molar-refractivity contribution is 0.668. The highest BCUT2D eigenvalue weighted by molar-refractivity contribution is 6.31. The summed E-state index contributed by atoms with van der Waals surface area (Å²) in [6, 6.07) is 83.4. The van der Waals surface area contributed by atoms with Crippen LogP contribution in [0.1, 0.15) is 0 Å². The summed E-state index contributed by atoms with van der Waals surface area (Å²) in [6.45, 7) is 0. The van der Waals surface area contributed by atoms with Crippen LogP contribution in [0.2, 0.25) is 0 Å². The van der Waals surface area contributed by atoms with Gasteiger partial charge in [0.05, 0.1) is 50.2 Å². The van der Waals surface area contributed by atoms with E-state index < -0.39 is 0 Å². The lowest BCUT2D eigenvalue weighted by Gasteiger charge is -2.26. The maximum absolute atomic E-state index is 6.73. The zero-order valence-electron chi connectivity index (χ0n) is 38.5. The summed E-state index contributed by atoms with van der Waals surface area (Å²) in [5.41, 5.74) is 17.2. The van der Waals surface area contributed by atoms with E-state index in [-0.39, 0.29) is 0 Å². The Labute approximate surface area is 410 Å². The molecule has 0 atom stereocenters. The largest absolute Gasteiger partial charge is 0.456 e. The van der Waals surface area contributed by atoms with Crippen LogP contribution in [-0.2, 0) is 0 Å². The third-order valence-corrected chi connectivity index (χ3v) is 15.5. The zero-order chi connectivity index (χ0) is 46.8. The summed E-state index contributed by atoms with van der Waals surface area (Å²) in [6.07, 6.45) is 0. The molecule has 0 N–H and O–H groups in total. The molecule has 0 aliphatic rings. The van der Waals surface area contributed by atoms with Crippen molar-refractivity contribution < 1.29 is 8.83 Å². The van der Waals surface area contributed by atoms with Crippen LogP contribution in [-0.4, -0.2) is 8.80 Å². The lowest BCUT2D eigenvalue weighted by Crippen LogP contribution is -2.10.